The average Bonchev–Trinajstić information content (AvgIpc) is 2.02. The van der Waals surface area contributed by atoms with Crippen molar-refractivity contribution in [3.8, 4) is 11.5 Å². The van der Waals surface area contributed by atoms with Crippen molar-refractivity contribution in [2.45, 2.75) is 12.5 Å². The number of halogens is 2. The Morgan fingerprint density at radius 1 is 1.27 bits per heavy atom. The number of phenolic OH excluding ortho intramolecular Hbond substituents is 2. The minimum absolute atomic E-state index is 0. The molecule has 0 bridgehead atoms. The number of rotatable bonds is 0. The van der Waals surface area contributed by atoms with Crippen LogP contribution in [-0.4, -0.2) is 22.8 Å². The van der Waals surface area contributed by atoms with Gasteiger partial charge in [0.2, 0.25) is 0 Å². The van der Waals surface area contributed by atoms with E-state index in [1.54, 1.807) is 6.07 Å². The van der Waals surface area contributed by atoms with Gasteiger partial charge in [-0.15, -0.1) is 0 Å². The van der Waals surface area contributed by atoms with E-state index in [1.165, 1.54) is 6.07 Å². The number of quaternary nitrogens is 2. The zero-order valence-electron chi connectivity index (χ0n) is 8.08. The van der Waals surface area contributed by atoms with Crippen molar-refractivity contribution in [1.82, 2.24) is 0 Å². The minimum atomic E-state index is 0. The summed E-state index contributed by atoms with van der Waals surface area (Å²) < 4.78 is 0. The quantitative estimate of drug-likeness (QED) is 0.215. The molecule has 86 valence electrons. The molecule has 1 aromatic rings. The van der Waals surface area contributed by atoms with E-state index in [-0.39, 0.29) is 45.5 Å². The van der Waals surface area contributed by atoms with Crippen LogP contribution in [0.4, 0.5) is 5.69 Å². The maximum absolute atomic E-state index is 9.51. The van der Waals surface area contributed by atoms with Gasteiger partial charge in [0.1, 0.15) is 18.3 Å². The Morgan fingerprint density at radius 3 is 2.60 bits per heavy atom. The molecule has 1 heterocycles. The van der Waals surface area contributed by atoms with Gasteiger partial charge in [0.15, 0.2) is 11.4 Å². The molecule has 7 N–H and O–H groups in total. The molecule has 1 unspecified atom stereocenters. The summed E-state index contributed by atoms with van der Waals surface area (Å²) >= 11 is 0. The molecule has 0 saturated carbocycles. The maximum atomic E-state index is 9.51. The van der Waals surface area contributed by atoms with E-state index in [0.717, 1.165) is 24.2 Å². The van der Waals surface area contributed by atoms with Crippen LogP contribution in [0.15, 0.2) is 12.1 Å². The molecule has 0 saturated heterocycles. The van der Waals surface area contributed by atoms with Gasteiger partial charge in [-0.3, -0.25) is 0 Å². The number of hydrogen-bond donors (Lipinski definition) is 4. The van der Waals surface area contributed by atoms with Crippen LogP contribution in [-0.2, 0) is 6.42 Å². The summed E-state index contributed by atoms with van der Waals surface area (Å²) in [5.74, 6) is 0.292. The highest BCUT2D eigenvalue weighted by molar-refractivity contribution is 5.55. The predicted octanol–water partition coefficient (Wildman–Crippen LogP) is -7.53. The van der Waals surface area contributed by atoms with Crippen molar-refractivity contribution < 1.29 is 55.2 Å². The van der Waals surface area contributed by atoms with Gasteiger partial charge in [0.25, 0.3) is 0 Å². The molecule has 1 aliphatic rings. The van der Waals surface area contributed by atoms with Gasteiger partial charge >= 0.3 is 0 Å². The molecule has 1 aliphatic heterocycles. The topological polar surface area (TPSA) is 84.7 Å². The molecule has 0 aromatic heterocycles. The van der Waals surface area contributed by atoms with Crippen molar-refractivity contribution in [3.05, 3.63) is 17.7 Å². The fraction of sp³-hybridized carbons (Fsp3) is 0.333. The molecule has 15 heavy (non-hydrogen) atoms. The highest BCUT2D eigenvalue weighted by atomic mass is 79.9. The lowest BCUT2D eigenvalue weighted by molar-refractivity contribution is -0.619. The summed E-state index contributed by atoms with van der Waals surface area (Å²) in [6.45, 7) is 0.894. The smallest absolute Gasteiger partial charge is 0.181 e. The van der Waals surface area contributed by atoms with Crippen LogP contribution in [0.1, 0.15) is 5.56 Å². The van der Waals surface area contributed by atoms with Gasteiger partial charge in [-0.05, 0) is 6.07 Å². The fourth-order valence-electron chi connectivity index (χ4n) is 1.76. The molecule has 0 amide bonds. The van der Waals surface area contributed by atoms with E-state index in [1.807, 2.05) is 5.32 Å². The summed E-state index contributed by atoms with van der Waals surface area (Å²) in [6, 6.07) is 3.43. The molecule has 2 rings (SSSR count). The van der Waals surface area contributed by atoms with Crippen LogP contribution < -0.4 is 45.0 Å². The third kappa shape index (κ3) is 3.07. The highest BCUT2D eigenvalue weighted by Crippen LogP contribution is 2.30. The van der Waals surface area contributed by atoms with Crippen LogP contribution in [0.25, 0.3) is 0 Å². The SMILES string of the molecule is [Br-].[Br-].[NH3+]C1C[NH2+]c2c(O)cc(O)cc2C1. The Balaban J connectivity index is 0.000000980. The summed E-state index contributed by atoms with van der Waals surface area (Å²) in [6.07, 6.45) is 0.827. The Bertz CT molecular complexity index is 347. The van der Waals surface area contributed by atoms with Crippen molar-refractivity contribution in [3.63, 3.8) is 0 Å². The van der Waals surface area contributed by atoms with Gasteiger partial charge in [-0.2, -0.15) is 0 Å². The van der Waals surface area contributed by atoms with Crippen molar-refractivity contribution in [2.24, 2.45) is 0 Å². The monoisotopic (exact) mass is 340 g/mol. The zero-order valence-corrected chi connectivity index (χ0v) is 11.3. The highest BCUT2D eigenvalue weighted by Gasteiger charge is 2.24. The molecule has 1 atom stereocenters. The lowest BCUT2D eigenvalue weighted by Crippen LogP contribution is -3.00. The predicted molar refractivity (Wildman–Crippen MR) is 46.6 cm³/mol. The molecule has 0 fully saturated rings. The first kappa shape index (κ1) is 14.7. The molecule has 0 radical (unpaired) electrons. The van der Waals surface area contributed by atoms with E-state index in [2.05, 4.69) is 5.73 Å². The Kier molecular flexibility index (Phi) is 5.58. The van der Waals surface area contributed by atoms with Crippen molar-refractivity contribution >= 4 is 5.69 Å². The maximum Gasteiger partial charge on any atom is 0.181 e. The van der Waals surface area contributed by atoms with Crippen LogP contribution in [0.2, 0.25) is 0 Å². The number of aromatic hydroxyl groups is 2. The van der Waals surface area contributed by atoms with E-state index >= 15 is 0 Å². The van der Waals surface area contributed by atoms with Crippen LogP contribution >= 0.6 is 0 Å². The second kappa shape index (κ2) is 5.69. The summed E-state index contributed by atoms with van der Waals surface area (Å²) in [4.78, 5) is 0. The zero-order chi connectivity index (χ0) is 9.42. The molecule has 4 nitrogen and oxygen atoms in total. The van der Waals surface area contributed by atoms with Gasteiger partial charge in [-0.1, -0.05) is 0 Å². The first-order chi connectivity index (χ1) is 6.16. The molecule has 0 spiro atoms. The molecular formula is C9H14Br2N2O2. The number of nitrogens with two attached hydrogens (primary N) is 1. The van der Waals surface area contributed by atoms with Crippen LogP contribution in [0.3, 0.4) is 0 Å². The van der Waals surface area contributed by atoms with E-state index in [9.17, 15) is 10.2 Å². The summed E-state index contributed by atoms with van der Waals surface area (Å²) in [5, 5.41) is 20.8. The third-order valence-corrected chi connectivity index (χ3v) is 2.39. The molecule has 0 aliphatic carbocycles. The van der Waals surface area contributed by atoms with E-state index < -0.39 is 0 Å². The van der Waals surface area contributed by atoms with E-state index in [4.69, 9.17) is 0 Å². The van der Waals surface area contributed by atoms with Gasteiger partial charge in [0.05, 0.1) is 0 Å². The van der Waals surface area contributed by atoms with Gasteiger partial charge in [-0.25, -0.2) is 0 Å². The van der Waals surface area contributed by atoms with Gasteiger partial charge in [0, 0.05) is 18.1 Å². The number of phenols is 2. The second-order valence-corrected chi connectivity index (χ2v) is 3.55. The summed E-state index contributed by atoms with van der Waals surface area (Å²) in [7, 11) is 0. The first-order valence-electron chi connectivity index (χ1n) is 4.38. The van der Waals surface area contributed by atoms with Crippen molar-refractivity contribution in [2.75, 3.05) is 6.54 Å². The first-order valence-corrected chi connectivity index (χ1v) is 4.38. The minimum Gasteiger partial charge on any atom is -1.00 e. The Morgan fingerprint density at radius 2 is 1.93 bits per heavy atom. The average molecular weight is 342 g/mol. The lowest BCUT2D eigenvalue weighted by atomic mass is 9.99. The fourth-order valence-corrected chi connectivity index (χ4v) is 1.76. The van der Waals surface area contributed by atoms with Crippen molar-refractivity contribution in [1.29, 1.82) is 0 Å². The molecular weight excluding hydrogens is 328 g/mol. The Labute approximate surface area is 109 Å². The second-order valence-electron chi connectivity index (χ2n) is 3.55. The van der Waals surface area contributed by atoms with E-state index in [0.29, 0.717) is 6.04 Å². The number of hydrogen-bond acceptors (Lipinski definition) is 2. The Hall–Kier alpha value is -0.300. The third-order valence-electron chi connectivity index (χ3n) is 2.39. The summed E-state index contributed by atoms with van der Waals surface area (Å²) in [5.41, 5.74) is 5.81. The number of benzene rings is 1. The normalized spacial score (nSPS) is 18.3. The standard InChI is InChI=1S/C9H12N2O2.2BrH/c10-6-1-5-2-7(12)3-8(13)9(5)11-4-6;;/h2-3,6,11-13H,1,4,10H2;2*1H. The molecule has 6 heteroatoms. The van der Waals surface area contributed by atoms with Gasteiger partial charge < -0.3 is 55.2 Å². The molecule has 1 aromatic carbocycles. The largest absolute Gasteiger partial charge is 1.00 e. The van der Waals surface area contributed by atoms with Crippen LogP contribution in [0, 0.1) is 0 Å². The van der Waals surface area contributed by atoms with Crippen LogP contribution in [0.5, 0.6) is 11.5 Å². The number of fused-ring (bicyclic) bond motifs is 1. The lowest BCUT2D eigenvalue weighted by Gasteiger charge is -2.17.